The van der Waals surface area contributed by atoms with E-state index in [0.29, 0.717) is 24.6 Å². The number of nitrogens with one attached hydrogen (secondary N) is 1. The van der Waals surface area contributed by atoms with Gasteiger partial charge in [0.15, 0.2) is 0 Å². The van der Waals surface area contributed by atoms with Crippen molar-refractivity contribution < 1.29 is 14.3 Å². The molecule has 2 heterocycles. The van der Waals surface area contributed by atoms with Crippen molar-refractivity contribution >= 4 is 5.91 Å². The molecule has 2 aromatic rings. The lowest BCUT2D eigenvalue weighted by molar-refractivity contribution is 0.0947. The van der Waals surface area contributed by atoms with Crippen LogP contribution in [-0.4, -0.2) is 35.6 Å². The number of aliphatic hydroxyl groups is 1. The van der Waals surface area contributed by atoms with Crippen LogP contribution in [0.15, 0.2) is 47.1 Å². The molecule has 5 nitrogen and oxygen atoms in total. The lowest BCUT2D eigenvalue weighted by atomic mass is 9.97. The van der Waals surface area contributed by atoms with Gasteiger partial charge in [0.2, 0.25) is 0 Å². The van der Waals surface area contributed by atoms with E-state index < -0.39 is 0 Å². The number of piperidine rings is 1. The van der Waals surface area contributed by atoms with Gasteiger partial charge >= 0.3 is 0 Å². The van der Waals surface area contributed by atoms with Crippen molar-refractivity contribution in [2.45, 2.75) is 25.9 Å². The summed E-state index contributed by atoms with van der Waals surface area (Å²) in [5, 5.41) is 12.1. The Balaban J connectivity index is 1.54. The third-order valence-electron chi connectivity index (χ3n) is 4.56. The van der Waals surface area contributed by atoms with Gasteiger partial charge in [-0.1, -0.05) is 12.1 Å². The van der Waals surface area contributed by atoms with Crippen LogP contribution >= 0.6 is 0 Å². The highest BCUT2D eigenvalue weighted by atomic mass is 16.3. The predicted octanol–water partition coefficient (Wildman–Crippen LogP) is 2.41. The Hall–Kier alpha value is -2.11. The van der Waals surface area contributed by atoms with E-state index in [1.807, 2.05) is 30.3 Å². The predicted molar refractivity (Wildman–Crippen MR) is 91.4 cm³/mol. The fraction of sp³-hybridized carbons (Fsp3) is 0.421. The van der Waals surface area contributed by atoms with Crippen molar-refractivity contribution in [2.75, 3.05) is 19.7 Å². The minimum absolute atomic E-state index is 0.0905. The Labute approximate surface area is 142 Å². The summed E-state index contributed by atoms with van der Waals surface area (Å²) in [6, 6.07) is 11.4. The first-order valence-electron chi connectivity index (χ1n) is 8.47. The Morgan fingerprint density at radius 2 is 2.08 bits per heavy atom. The van der Waals surface area contributed by atoms with Crippen molar-refractivity contribution in [1.82, 2.24) is 10.2 Å². The van der Waals surface area contributed by atoms with Gasteiger partial charge < -0.3 is 14.8 Å². The number of aliphatic hydroxyl groups excluding tert-OH is 1. The van der Waals surface area contributed by atoms with E-state index >= 15 is 0 Å². The lowest BCUT2D eigenvalue weighted by Crippen LogP contribution is -2.34. The van der Waals surface area contributed by atoms with Gasteiger partial charge in [-0.25, -0.2) is 0 Å². The zero-order valence-corrected chi connectivity index (χ0v) is 13.8. The molecule has 0 bridgehead atoms. The Morgan fingerprint density at radius 3 is 2.79 bits per heavy atom. The smallest absolute Gasteiger partial charge is 0.251 e. The molecule has 0 atom stereocenters. The Kier molecular flexibility index (Phi) is 5.67. The summed E-state index contributed by atoms with van der Waals surface area (Å²) in [6.45, 7) is 3.53. The molecule has 1 aromatic carbocycles. The number of likely N-dealkylation sites (tertiary alicyclic amines) is 1. The van der Waals surface area contributed by atoms with E-state index in [-0.39, 0.29) is 5.91 Å². The molecule has 3 rings (SSSR count). The largest absolute Gasteiger partial charge is 0.467 e. The Bertz CT molecular complexity index is 646. The number of rotatable bonds is 6. The highest BCUT2D eigenvalue weighted by Gasteiger charge is 2.18. The number of amides is 1. The van der Waals surface area contributed by atoms with Crippen molar-refractivity contribution in [3.63, 3.8) is 0 Å². The second-order valence-electron chi connectivity index (χ2n) is 6.36. The van der Waals surface area contributed by atoms with Gasteiger partial charge in [0.1, 0.15) is 5.76 Å². The number of benzene rings is 1. The third-order valence-corrected chi connectivity index (χ3v) is 4.56. The number of carbonyl (C=O) groups excluding carboxylic acids is 1. The first-order valence-corrected chi connectivity index (χ1v) is 8.47. The van der Waals surface area contributed by atoms with Gasteiger partial charge in [-0.2, -0.15) is 0 Å². The average Bonchev–Trinajstić information content (AvgIpc) is 3.14. The molecule has 128 valence electrons. The summed E-state index contributed by atoms with van der Waals surface area (Å²) in [6.07, 6.45) is 3.68. The maximum atomic E-state index is 12.3. The van der Waals surface area contributed by atoms with Crippen molar-refractivity contribution in [2.24, 2.45) is 5.92 Å². The summed E-state index contributed by atoms with van der Waals surface area (Å²) in [7, 11) is 0. The second-order valence-corrected chi connectivity index (χ2v) is 6.36. The zero-order valence-electron chi connectivity index (χ0n) is 13.8. The van der Waals surface area contributed by atoms with Gasteiger partial charge in [-0.15, -0.1) is 0 Å². The molecular formula is C19H24N2O3. The van der Waals surface area contributed by atoms with Crippen LogP contribution in [0.2, 0.25) is 0 Å². The summed E-state index contributed by atoms with van der Waals surface area (Å²) in [5.74, 6) is 1.10. The van der Waals surface area contributed by atoms with Gasteiger partial charge in [0, 0.05) is 18.7 Å². The van der Waals surface area contributed by atoms with Crippen LogP contribution in [0.5, 0.6) is 0 Å². The molecular weight excluding hydrogens is 304 g/mol. The van der Waals surface area contributed by atoms with E-state index in [2.05, 4.69) is 16.3 Å². The van der Waals surface area contributed by atoms with E-state index in [0.717, 1.165) is 43.8 Å². The standard InChI is InChI=1S/C19H24N2O3/c22-14-15-6-8-21(9-7-15)13-16-3-1-4-17(11-16)19(23)20-12-18-5-2-10-24-18/h1-5,10-11,15,22H,6-9,12-14H2,(H,20,23). The normalized spacial score (nSPS) is 16.2. The molecule has 2 N–H and O–H groups in total. The minimum Gasteiger partial charge on any atom is -0.467 e. The molecule has 0 radical (unpaired) electrons. The summed E-state index contributed by atoms with van der Waals surface area (Å²) < 4.78 is 5.22. The number of furan rings is 1. The molecule has 1 amide bonds. The van der Waals surface area contributed by atoms with Crippen LogP contribution in [-0.2, 0) is 13.1 Å². The van der Waals surface area contributed by atoms with Crippen molar-refractivity contribution in [1.29, 1.82) is 0 Å². The molecule has 1 aromatic heterocycles. The molecule has 24 heavy (non-hydrogen) atoms. The summed E-state index contributed by atoms with van der Waals surface area (Å²) in [4.78, 5) is 14.7. The lowest BCUT2D eigenvalue weighted by Gasteiger charge is -2.31. The molecule has 5 heteroatoms. The summed E-state index contributed by atoms with van der Waals surface area (Å²) >= 11 is 0. The monoisotopic (exact) mass is 328 g/mol. The maximum absolute atomic E-state index is 12.3. The van der Waals surface area contributed by atoms with Crippen LogP contribution in [0, 0.1) is 5.92 Å². The van der Waals surface area contributed by atoms with Crippen LogP contribution in [0.25, 0.3) is 0 Å². The molecule has 0 aliphatic carbocycles. The number of hydrogen-bond acceptors (Lipinski definition) is 4. The maximum Gasteiger partial charge on any atom is 0.251 e. The molecule has 1 saturated heterocycles. The van der Waals surface area contributed by atoms with Gasteiger partial charge in [-0.05, 0) is 61.7 Å². The average molecular weight is 328 g/mol. The van der Waals surface area contributed by atoms with Crippen molar-refractivity contribution in [3.8, 4) is 0 Å². The molecule has 0 saturated carbocycles. The number of nitrogens with zero attached hydrogens (tertiary/aromatic N) is 1. The first-order chi connectivity index (χ1) is 11.7. The molecule has 1 aliphatic heterocycles. The topological polar surface area (TPSA) is 65.7 Å². The fourth-order valence-electron chi connectivity index (χ4n) is 3.08. The van der Waals surface area contributed by atoms with E-state index in [9.17, 15) is 9.90 Å². The third kappa shape index (κ3) is 4.46. The highest BCUT2D eigenvalue weighted by molar-refractivity contribution is 5.94. The quantitative estimate of drug-likeness (QED) is 0.855. The fourth-order valence-corrected chi connectivity index (χ4v) is 3.08. The van der Waals surface area contributed by atoms with E-state index in [1.54, 1.807) is 6.26 Å². The molecule has 1 aliphatic rings. The SMILES string of the molecule is O=C(NCc1ccco1)c1cccc(CN2CCC(CO)CC2)c1. The van der Waals surface area contributed by atoms with Gasteiger partial charge in [0.05, 0.1) is 12.8 Å². The van der Waals surface area contributed by atoms with Crippen LogP contribution in [0.4, 0.5) is 0 Å². The van der Waals surface area contributed by atoms with Gasteiger partial charge in [0.25, 0.3) is 5.91 Å². The molecule has 0 unspecified atom stereocenters. The molecule has 1 fully saturated rings. The van der Waals surface area contributed by atoms with Crippen LogP contribution in [0.3, 0.4) is 0 Å². The highest BCUT2D eigenvalue weighted by Crippen LogP contribution is 2.18. The summed E-state index contributed by atoms with van der Waals surface area (Å²) in [5.41, 5.74) is 1.81. The van der Waals surface area contributed by atoms with Gasteiger partial charge in [-0.3, -0.25) is 9.69 Å². The van der Waals surface area contributed by atoms with Crippen LogP contribution in [0.1, 0.15) is 34.5 Å². The second kappa shape index (κ2) is 8.13. The first kappa shape index (κ1) is 16.7. The van der Waals surface area contributed by atoms with E-state index in [4.69, 9.17) is 4.42 Å². The molecule has 0 spiro atoms. The van der Waals surface area contributed by atoms with Crippen molar-refractivity contribution in [3.05, 3.63) is 59.5 Å². The number of carbonyl (C=O) groups is 1. The van der Waals surface area contributed by atoms with E-state index in [1.165, 1.54) is 0 Å². The zero-order chi connectivity index (χ0) is 16.8. The van der Waals surface area contributed by atoms with Crippen LogP contribution < -0.4 is 5.32 Å². The number of hydrogen-bond donors (Lipinski definition) is 2. The Morgan fingerprint density at radius 1 is 1.25 bits per heavy atom. The minimum atomic E-state index is -0.0905.